The number of sulfonamides is 1. The molecule has 0 aliphatic heterocycles. The topological polar surface area (TPSA) is 75.3 Å². The van der Waals surface area contributed by atoms with E-state index in [1.54, 1.807) is 18.2 Å². The molecule has 0 aromatic heterocycles. The van der Waals surface area contributed by atoms with Crippen molar-refractivity contribution in [2.45, 2.75) is 31.7 Å². The first kappa shape index (κ1) is 20.1. The minimum atomic E-state index is -3.66. The molecule has 5 nitrogen and oxygen atoms in total. The van der Waals surface area contributed by atoms with Crippen molar-refractivity contribution in [1.82, 2.24) is 10.0 Å². The van der Waals surface area contributed by atoms with Gasteiger partial charge in [-0.3, -0.25) is 4.79 Å². The van der Waals surface area contributed by atoms with Gasteiger partial charge in [-0.15, -0.1) is 0 Å². The Labute approximate surface area is 153 Å². The van der Waals surface area contributed by atoms with Gasteiger partial charge in [0.25, 0.3) is 5.91 Å². The minimum absolute atomic E-state index is 0.0516. The summed E-state index contributed by atoms with van der Waals surface area (Å²) in [7, 11) is -3.66. The molecule has 2 aromatic rings. The molecule has 2 rings (SSSR count). The highest BCUT2D eigenvalue weighted by molar-refractivity contribution is 7.89. The van der Waals surface area contributed by atoms with Crippen molar-refractivity contribution in [3.05, 3.63) is 65.5 Å². The molecule has 7 heteroatoms. The van der Waals surface area contributed by atoms with Crippen LogP contribution in [0, 0.1) is 11.7 Å². The molecule has 0 bridgehead atoms. The summed E-state index contributed by atoms with van der Waals surface area (Å²) in [4.78, 5) is 12.3. The molecule has 1 amide bonds. The van der Waals surface area contributed by atoms with Crippen molar-refractivity contribution in [2.75, 3.05) is 6.54 Å². The molecule has 0 heterocycles. The van der Waals surface area contributed by atoms with Gasteiger partial charge in [-0.2, -0.15) is 0 Å². The second-order valence-electron chi connectivity index (χ2n) is 6.42. The van der Waals surface area contributed by atoms with Gasteiger partial charge in [0.15, 0.2) is 0 Å². The monoisotopic (exact) mass is 378 g/mol. The molecule has 2 N–H and O–H groups in total. The molecule has 0 fully saturated rings. The number of nitrogens with one attached hydrogen (secondary N) is 2. The molecule has 0 radical (unpaired) electrons. The largest absolute Gasteiger partial charge is 0.348 e. The van der Waals surface area contributed by atoms with Gasteiger partial charge >= 0.3 is 0 Å². The van der Waals surface area contributed by atoms with Gasteiger partial charge in [0.05, 0.1) is 4.90 Å². The first-order valence-electron chi connectivity index (χ1n) is 8.40. The van der Waals surface area contributed by atoms with E-state index in [-0.39, 0.29) is 22.8 Å². The third kappa shape index (κ3) is 5.93. The summed E-state index contributed by atoms with van der Waals surface area (Å²) in [6, 6.07) is 11.7. The summed E-state index contributed by atoms with van der Waals surface area (Å²) >= 11 is 0. The van der Waals surface area contributed by atoms with Crippen LogP contribution in [0.15, 0.2) is 53.4 Å². The number of carbonyl (C=O) groups is 1. The fourth-order valence-corrected chi connectivity index (χ4v) is 3.35. The number of amides is 1. The van der Waals surface area contributed by atoms with Gasteiger partial charge in [-0.05, 0) is 48.2 Å². The Morgan fingerprint density at radius 1 is 1.12 bits per heavy atom. The smallest absolute Gasteiger partial charge is 0.251 e. The summed E-state index contributed by atoms with van der Waals surface area (Å²) < 4.78 is 40.1. The van der Waals surface area contributed by atoms with Gasteiger partial charge in [-0.25, -0.2) is 17.5 Å². The average molecular weight is 378 g/mol. The average Bonchev–Trinajstić information content (AvgIpc) is 2.60. The highest BCUT2D eigenvalue weighted by Gasteiger charge is 2.16. The molecular formula is C19H23FN2O3S. The molecule has 0 aliphatic carbocycles. The molecule has 0 saturated heterocycles. The summed E-state index contributed by atoms with van der Waals surface area (Å²) in [5, 5.41) is 2.69. The van der Waals surface area contributed by atoms with Crippen LogP contribution < -0.4 is 10.0 Å². The Morgan fingerprint density at radius 2 is 1.81 bits per heavy atom. The van der Waals surface area contributed by atoms with E-state index >= 15 is 0 Å². The third-order valence-electron chi connectivity index (χ3n) is 3.79. The van der Waals surface area contributed by atoms with Crippen LogP contribution >= 0.6 is 0 Å². The summed E-state index contributed by atoms with van der Waals surface area (Å²) in [6.45, 7) is 4.60. The van der Waals surface area contributed by atoms with E-state index < -0.39 is 15.9 Å². The number of carbonyl (C=O) groups excluding carboxylic acids is 1. The zero-order valence-electron chi connectivity index (χ0n) is 14.8. The maximum atomic E-state index is 12.9. The van der Waals surface area contributed by atoms with Crippen LogP contribution in [-0.2, 0) is 16.6 Å². The molecule has 0 unspecified atom stereocenters. The maximum absolute atomic E-state index is 12.9. The van der Waals surface area contributed by atoms with E-state index in [9.17, 15) is 17.6 Å². The standard InChI is InChI=1S/C19H23FN2O3S/c1-14(2)10-11-22-26(24,25)18-5-3-4-16(12-18)19(23)21-13-15-6-8-17(20)9-7-15/h3-9,12,14,22H,10-11,13H2,1-2H3,(H,21,23). The van der Waals surface area contributed by atoms with Crippen molar-refractivity contribution in [2.24, 2.45) is 5.92 Å². The highest BCUT2D eigenvalue weighted by Crippen LogP contribution is 2.12. The molecule has 2 aromatic carbocycles. The van der Waals surface area contributed by atoms with E-state index in [1.807, 2.05) is 13.8 Å². The lowest BCUT2D eigenvalue weighted by molar-refractivity contribution is 0.0950. The number of halogens is 1. The number of hydrogen-bond acceptors (Lipinski definition) is 3. The highest BCUT2D eigenvalue weighted by atomic mass is 32.2. The first-order chi connectivity index (χ1) is 12.3. The van der Waals surface area contributed by atoms with Crippen LogP contribution in [0.4, 0.5) is 4.39 Å². The lowest BCUT2D eigenvalue weighted by atomic mass is 10.1. The maximum Gasteiger partial charge on any atom is 0.251 e. The molecule has 0 aliphatic rings. The van der Waals surface area contributed by atoms with Gasteiger partial charge < -0.3 is 5.32 Å². The van der Waals surface area contributed by atoms with Crippen LogP contribution in [0.3, 0.4) is 0 Å². The van der Waals surface area contributed by atoms with E-state index in [4.69, 9.17) is 0 Å². The van der Waals surface area contributed by atoms with Gasteiger partial charge in [-0.1, -0.05) is 32.0 Å². The molecule has 0 atom stereocenters. The van der Waals surface area contributed by atoms with E-state index in [2.05, 4.69) is 10.0 Å². The second-order valence-corrected chi connectivity index (χ2v) is 8.18. The summed E-state index contributed by atoms with van der Waals surface area (Å²) in [5.74, 6) is -0.349. The van der Waals surface area contributed by atoms with Crippen molar-refractivity contribution in [1.29, 1.82) is 0 Å². The Kier molecular flexibility index (Phi) is 6.88. The minimum Gasteiger partial charge on any atom is -0.348 e. The van der Waals surface area contributed by atoms with E-state index in [0.717, 1.165) is 12.0 Å². The van der Waals surface area contributed by atoms with Crippen molar-refractivity contribution in [3.63, 3.8) is 0 Å². The summed E-state index contributed by atoms with van der Waals surface area (Å²) in [5.41, 5.74) is 0.998. The Balaban J connectivity index is 2.02. The Bertz CT molecular complexity index is 849. The van der Waals surface area contributed by atoms with Crippen molar-refractivity contribution >= 4 is 15.9 Å². The lowest BCUT2D eigenvalue weighted by Crippen LogP contribution is -2.27. The van der Waals surface area contributed by atoms with E-state index in [1.165, 1.54) is 30.3 Å². The number of benzene rings is 2. The number of hydrogen-bond donors (Lipinski definition) is 2. The normalized spacial score (nSPS) is 11.5. The third-order valence-corrected chi connectivity index (χ3v) is 5.25. The SMILES string of the molecule is CC(C)CCNS(=O)(=O)c1cccc(C(=O)NCc2ccc(F)cc2)c1. The van der Waals surface area contributed by atoms with Gasteiger partial charge in [0.2, 0.25) is 10.0 Å². The van der Waals surface area contributed by atoms with E-state index in [0.29, 0.717) is 12.5 Å². The van der Waals surface area contributed by atoms with Gasteiger partial charge in [0, 0.05) is 18.7 Å². The Morgan fingerprint density at radius 3 is 2.46 bits per heavy atom. The second kappa shape index (κ2) is 8.91. The van der Waals surface area contributed by atoms with Crippen LogP contribution in [0.2, 0.25) is 0 Å². The zero-order chi connectivity index (χ0) is 19.2. The van der Waals surface area contributed by atoms with Crippen LogP contribution in [0.25, 0.3) is 0 Å². The molecule has 26 heavy (non-hydrogen) atoms. The Hall–Kier alpha value is -2.25. The first-order valence-corrected chi connectivity index (χ1v) is 9.88. The fraction of sp³-hybridized carbons (Fsp3) is 0.316. The van der Waals surface area contributed by atoms with Crippen molar-refractivity contribution < 1.29 is 17.6 Å². The summed E-state index contributed by atoms with van der Waals surface area (Å²) in [6.07, 6.45) is 0.733. The van der Waals surface area contributed by atoms with Crippen LogP contribution in [0.1, 0.15) is 36.2 Å². The van der Waals surface area contributed by atoms with Gasteiger partial charge in [0.1, 0.15) is 5.82 Å². The van der Waals surface area contributed by atoms with Crippen LogP contribution in [0.5, 0.6) is 0 Å². The fourth-order valence-electron chi connectivity index (χ4n) is 2.26. The lowest BCUT2D eigenvalue weighted by Gasteiger charge is -2.10. The van der Waals surface area contributed by atoms with Crippen molar-refractivity contribution in [3.8, 4) is 0 Å². The predicted octanol–water partition coefficient (Wildman–Crippen LogP) is 3.08. The molecular weight excluding hydrogens is 355 g/mol. The molecule has 0 spiro atoms. The quantitative estimate of drug-likeness (QED) is 0.741. The predicted molar refractivity (Wildman–Crippen MR) is 98.7 cm³/mol. The number of rotatable bonds is 8. The molecule has 0 saturated carbocycles. The zero-order valence-corrected chi connectivity index (χ0v) is 15.6. The molecule has 140 valence electrons. The van der Waals surface area contributed by atoms with Crippen LogP contribution in [-0.4, -0.2) is 20.9 Å².